The Morgan fingerprint density at radius 3 is 2.50 bits per heavy atom. The standard InChI is InChI=1S/C10H14N2OS/c1-12(2)9-6-7(13-3)4-5-8(9)10(11)14/h4-6H,1-3H3,(H2,11,14). The highest BCUT2D eigenvalue weighted by Crippen LogP contribution is 2.24. The lowest BCUT2D eigenvalue weighted by Gasteiger charge is -2.17. The summed E-state index contributed by atoms with van der Waals surface area (Å²) in [4.78, 5) is 2.35. The molecule has 0 fully saturated rings. The normalized spacial score (nSPS) is 9.64. The third kappa shape index (κ3) is 2.14. The highest BCUT2D eigenvalue weighted by molar-refractivity contribution is 7.80. The average molecular weight is 210 g/mol. The first kappa shape index (κ1) is 10.8. The number of rotatable bonds is 3. The molecule has 0 saturated heterocycles. The van der Waals surface area contributed by atoms with Gasteiger partial charge in [0.25, 0.3) is 0 Å². The molecule has 0 aliphatic carbocycles. The van der Waals surface area contributed by atoms with E-state index in [1.807, 2.05) is 37.2 Å². The maximum absolute atomic E-state index is 5.61. The summed E-state index contributed by atoms with van der Waals surface area (Å²) in [6, 6.07) is 5.63. The summed E-state index contributed by atoms with van der Waals surface area (Å²) < 4.78 is 5.13. The minimum Gasteiger partial charge on any atom is -0.497 e. The van der Waals surface area contributed by atoms with Crippen LogP contribution in [-0.4, -0.2) is 26.2 Å². The van der Waals surface area contributed by atoms with Gasteiger partial charge < -0.3 is 15.4 Å². The predicted octanol–water partition coefficient (Wildman–Crippen LogP) is 1.40. The van der Waals surface area contributed by atoms with Crippen LogP contribution >= 0.6 is 12.2 Å². The largest absolute Gasteiger partial charge is 0.497 e. The molecule has 0 bridgehead atoms. The van der Waals surface area contributed by atoms with Crippen molar-refractivity contribution >= 4 is 22.9 Å². The van der Waals surface area contributed by atoms with Crippen LogP contribution in [0.25, 0.3) is 0 Å². The quantitative estimate of drug-likeness (QED) is 0.765. The molecule has 0 unspecified atom stereocenters. The summed E-state index contributed by atoms with van der Waals surface area (Å²) in [5, 5.41) is 0. The van der Waals surface area contributed by atoms with Crippen molar-refractivity contribution in [3.05, 3.63) is 23.8 Å². The first-order valence-corrected chi connectivity index (χ1v) is 4.62. The van der Waals surface area contributed by atoms with Crippen molar-refractivity contribution < 1.29 is 4.74 Å². The molecule has 0 aromatic heterocycles. The minimum absolute atomic E-state index is 0.399. The van der Waals surface area contributed by atoms with Gasteiger partial charge in [0.15, 0.2) is 0 Å². The summed E-state index contributed by atoms with van der Waals surface area (Å²) in [6.45, 7) is 0. The zero-order chi connectivity index (χ0) is 10.7. The molecule has 0 atom stereocenters. The molecule has 14 heavy (non-hydrogen) atoms. The van der Waals surface area contributed by atoms with Gasteiger partial charge in [-0.1, -0.05) is 12.2 Å². The van der Waals surface area contributed by atoms with Gasteiger partial charge in [0.2, 0.25) is 0 Å². The Labute approximate surface area is 89.5 Å². The van der Waals surface area contributed by atoms with Crippen molar-refractivity contribution in [2.45, 2.75) is 0 Å². The van der Waals surface area contributed by atoms with E-state index in [-0.39, 0.29) is 0 Å². The Hall–Kier alpha value is -1.29. The van der Waals surface area contributed by atoms with Crippen molar-refractivity contribution in [1.82, 2.24) is 0 Å². The van der Waals surface area contributed by atoms with Gasteiger partial charge in [-0.05, 0) is 12.1 Å². The summed E-state index contributed by atoms with van der Waals surface area (Å²) in [6.07, 6.45) is 0. The lowest BCUT2D eigenvalue weighted by atomic mass is 10.1. The molecule has 0 aliphatic heterocycles. The van der Waals surface area contributed by atoms with Crippen molar-refractivity contribution in [3.63, 3.8) is 0 Å². The first-order valence-electron chi connectivity index (χ1n) is 4.21. The molecule has 1 aromatic rings. The summed E-state index contributed by atoms with van der Waals surface area (Å²) in [5.74, 6) is 0.800. The van der Waals surface area contributed by atoms with E-state index in [9.17, 15) is 0 Å². The molecule has 3 nitrogen and oxygen atoms in total. The van der Waals surface area contributed by atoms with E-state index in [0.717, 1.165) is 17.0 Å². The van der Waals surface area contributed by atoms with Gasteiger partial charge in [0.05, 0.1) is 12.8 Å². The fourth-order valence-electron chi connectivity index (χ4n) is 1.22. The number of ether oxygens (including phenoxy) is 1. The molecule has 0 aliphatic rings. The molecule has 1 aromatic carbocycles. The second-order valence-electron chi connectivity index (χ2n) is 3.14. The Kier molecular flexibility index (Phi) is 3.30. The predicted molar refractivity (Wildman–Crippen MR) is 63.2 cm³/mol. The number of benzene rings is 1. The van der Waals surface area contributed by atoms with Gasteiger partial charge in [-0.15, -0.1) is 0 Å². The zero-order valence-electron chi connectivity index (χ0n) is 8.57. The van der Waals surface area contributed by atoms with E-state index < -0.39 is 0 Å². The second kappa shape index (κ2) is 4.28. The molecule has 1 rings (SSSR count). The van der Waals surface area contributed by atoms with Crippen LogP contribution in [0.15, 0.2) is 18.2 Å². The molecule has 0 spiro atoms. The molecular weight excluding hydrogens is 196 g/mol. The smallest absolute Gasteiger partial charge is 0.120 e. The fourth-order valence-corrected chi connectivity index (χ4v) is 1.39. The number of hydrogen-bond acceptors (Lipinski definition) is 3. The van der Waals surface area contributed by atoms with E-state index in [4.69, 9.17) is 22.7 Å². The molecule has 2 N–H and O–H groups in total. The van der Waals surface area contributed by atoms with Crippen molar-refractivity contribution in [2.75, 3.05) is 26.1 Å². The number of hydrogen-bond donors (Lipinski definition) is 1. The van der Waals surface area contributed by atoms with Gasteiger partial charge in [-0.3, -0.25) is 0 Å². The van der Waals surface area contributed by atoms with Crippen LogP contribution in [0.5, 0.6) is 5.75 Å². The summed E-state index contributed by atoms with van der Waals surface area (Å²) in [5.41, 5.74) is 7.44. The minimum atomic E-state index is 0.399. The SMILES string of the molecule is COc1ccc(C(N)=S)c(N(C)C)c1. The maximum Gasteiger partial charge on any atom is 0.120 e. The Morgan fingerprint density at radius 2 is 2.07 bits per heavy atom. The van der Waals surface area contributed by atoms with Gasteiger partial charge in [-0.2, -0.15) is 0 Å². The van der Waals surface area contributed by atoms with Crippen molar-refractivity contribution in [3.8, 4) is 5.75 Å². The van der Waals surface area contributed by atoms with E-state index in [1.165, 1.54) is 0 Å². The number of anilines is 1. The molecule has 76 valence electrons. The number of thiocarbonyl (C=S) groups is 1. The second-order valence-corrected chi connectivity index (χ2v) is 3.58. The lowest BCUT2D eigenvalue weighted by Crippen LogP contribution is -2.17. The number of nitrogens with two attached hydrogens (primary N) is 1. The van der Waals surface area contributed by atoms with Gasteiger partial charge >= 0.3 is 0 Å². The van der Waals surface area contributed by atoms with Crippen molar-refractivity contribution in [1.29, 1.82) is 0 Å². The van der Waals surface area contributed by atoms with Crippen LogP contribution in [-0.2, 0) is 0 Å². The Balaban J connectivity index is 3.24. The zero-order valence-corrected chi connectivity index (χ0v) is 9.39. The molecule has 0 amide bonds. The summed E-state index contributed by atoms with van der Waals surface area (Å²) in [7, 11) is 5.52. The summed E-state index contributed by atoms with van der Waals surface area (Å²) >= 11 is 4.96. The first-order chi connectivity index (χ1) is 6.56. The van der Waals surface area contributed by atoms with E-state index in [2.05, 4.69) is 0 Å². The van der Waals surface area contributed by atoms with Gasteiger partial charge in [0, 0.05) is 25.7 Å². The van der Waals surface area contributed by atoms with Crippen LogP contribution in [0.2, 0.25) is 0 Å². The van der Waals surface area contributed by atoms with E-state index in [0.29, 0.717) is 4.99 Å². The van der Waals surface area contributed by atoms with Crippen LogP contribution < -0.4 is 15.4 Å². The van der Waals surface area contributed by atoms with Gasteiger partial charge in [0.1, 0.15) is 10.7 Å². The molecule has 0 saturated carbocycles. The molecule has 0 heterocycles. The monoisotopic (exact) mass is 210 g/mol. The van der Waals surface area contributed by atoms with Crippen LogP contribution in [0, 0.1) is 0 Å². The molecule has 0 radical (unpaired) electrons. The highest BCUT2D eigenvalue weighted by atomic mass is 32.1. The number of methoxy groups -OCH3 is 1. The maximum atomic E-state index is 5.61. The number of nitrogens with zero attached hydrogens (tertiary/aromatic N) is 1. The third-order valence-electron chi connectivity index (χ3n) is 1.95. The van der Waals surface area contributed by atoms with Crippen LogP contribution in [0.4, 0.5) is 5.69 Å². The van der Waals surface area contributed by atoms with E-state index >= 15 is 0 Å². The van der Waals surface area contributed by atoms with Gasteiger partial charge in [-0.25, -0.2) is 0 Å². The molecule has 4 heteroatoms. The highest BCUT2D eigenvalue weighted by Gasteiger charge is 2.08. The van der Waals surface area contributed by atoms with Crippen molar-refractivity contribution in [2.24, 2.45) is 5.73 Å². The topological polar surface area (TPSA) is 38.5 Å². The van der Waals surface area contributed by atoms with E-state index in [1.54, 1.807) is 7.11 Å². The van der Waals surface area contributed by atoms with Crippen LogP contribution in [0.1, 0.15) is 5.56 Å². The van der Waals surface area contributed by atoms with Crippen LogP contribution in [0.3, 0.4) is 0 Å². The Bertz CT molecular complexity index is 350. The Morgan fingerprint density at radius 1 is 1.43 bits per heavy atom. The molecular formula is C10H14N2OS. The lowest BCUT2D eigenvalue weighted by molar-refractivity contribution is 0.415. The average Bonchev–Trinajstić information content (AvgIpc) is 2.16. The third-order valence-corrected chi connectivity index (χ3v) is 2.17. The fraction of sp³-hybridized carbons (Fsp3) is 0.300.